The molecule has 0 aromatic carbocycles. The zero-order chi connectivity index (χ0) is 11.9. The third-order valence-corrected chi connectivity index (χ3v) is 3.48. The Bertz CT molecular complexity index is 315. The smallest absolute Gasteiger partial charge is 0.105 e. The first kappa shape index (κ1) is 12.6. The van der Waals surface area contributed by atoms with Gasteiger partial charge in [-0.2, -0.15) is 0 Å². The molecule has 4 heteroatoms. The van der Waals surface area contributed by atoms with Crippen molar-refractivity contribution >= 4 is 0 Å². The lowest BCUT2D eigenvalue weighted by molar-refractivity contribution is 0.330. The number of nitrogens with zero attached hydrogens (tertiary/aromatic N) is 3. The second kappa shape index (κ2) is 6.77. The van der Waals surface area contributed by atoms with Gasteiger partial charge in [-0.25, -0.2) is 4.98 Å². The van der Waals surface area contributed by atoms with Crippen molar-refractivity contribution in [2.24, 2.45) is 0 Å². The van der Waals surface area contributed by atoms with Gasteiger partial charge in [0.05, 0.1) is 0 Å². The van der Waals surface area contributed by atoms with E-state index in [-0.39, 0.29) is 0 Å². The number of hydrogen-bond acceptors (Lipinski definition) is 3. The van der Waals surface area contributed by atoms with Gasteiger partial charge in [-0.05, 0) is 52.4 Å². The summed E-state index contributed by atoms with van der Waals surface area (Å²) >= 11 is 0. The number of aryl methyl sites for hydroxylation is 1. The minimum absolute atomic E-state index is 1.02. The average Bonchev–Trinajstić information content (AvgIpc) is 2.95. The van der Waals surface area contributed by atoms with E-state index in [1.54, 1.807) is 0 Å². The Balaban J connectivity index is 1.47. The standard InChI is InChI=1S/C13H24N4/c1-13-15-7-12-17(13)11-6-14-5-4-10-16-8-2-3-9-16/h7,12,14H,2-6,8-11H2,1H3. The van der Waals surface area contributed by atoms with Gasteiger partial charge < -0.3 is 14.8 Å². The molecule has 0 spiro atoms. The van der Waals surface area contributed by atoms with E-state index in [0.717, 1.165) is 25.5 Å². The fourth-order valence-electron chi connectivity index (χ4n) is 2.40. The number of aromatic nitrogens is 2. The lowest BCUT2D eigenvalue weighted by Crippen LogP contribution is -2.26. The van der Waals surface area contributed by atoms with Crippen molar-refractivity contribution < 1.29 is 0 Å². The van der Waals surface area contributed by atoms with Crippen LogP contribution in [0.2, 0.25) is 0 Å². The molecule has 1 fully saturated rings. The fraction of sp³-hybridized carbons (Fsp3) is 0.769. The topological polar surface area (TPSA) is 33.1 Å². The molecular formula is C13H24N4. The van der Waals surface area contributed by atoms with Crippen LogP contribution in [0.15, 0.2) is 12.4 Å². The first-order chi connectivity index (χ1) is 8.36. The highest BCUT2D eigenvalue weighted by Gasteiger charge is 2.09. The molecule has 1 aromatic heterocycles. The van der Waals surface area contributed by atoms with Crippen LogP contribution in [0.4, 0.5) is 0 Å². The lowest BCUT2D eigenvalue weighted by atomic mass is 10.4. The van der Waals surface area contributed by atoms with Gasteiger partial charge in [0.25, 0.3) is 0 Å². The molecule has 1 aliphatic heterocycles. The molecule has 0 atom stereocenters. The lowest BCUT2D eigenvalue weighted by Gasteiger charge is -2.14. The van der Waals surface area contributed by atoms with E-state index >= 15 is 0 Å². The van der Waals surface area contributed by atoms with Crippen LogP contribution in [0.1, 0.15) is 25.1 Å². The summed E-state index contributed by atoms with van der Waals surface area (Å²) in [6.07, 6.45) is 7.97. The van der Waals surface area contributed by atoms with E-state index in [2.05, 4.69) is 19.8 Å². The highest BCUT2D eigenvalue weighted by molar-refractivity contribution is 4.88. The Morgan fingerprint density at radius 2 is 2.06 bits per heavy atom. The molecule has 1 N–H and O–H groups in total. The van der Waals surface area contributed by atoms with Crippen LogP contribution in [-0.4, -0.2) is 47.2 Å². The van der Waals surface area contributed by atoms with Crippen LogP contribution < -0.4 is 5.32 Å². The van der Waals surface area contributed by atoms with Gasteiger partial charge in [0.2, 0.25) is 0 Å². The van der Waals surface area contributed by atoms with Crippen LogP contribution in [0.3, 0.4) is 0 Å². The maximum atomic E-state index is 4.21. The Hall–Kier alpha value is -0.870. The van der Waals surface area contributed by atoms with Crippen molar-refractivity contribution in [2.75, 3.05) is 32.7 Å². The van der Waals surface area contributed by atoms with Crippen molar-refractivity contribution in [1.29, 1.82) is 0 Å². The highest BCUT2D eigenvalue weighted by atomic mass is 15.1. The third-order valence-electron chi connectivity index (χ3n) is 3.48. The van der Waals surface area contributed by atoms with Crippen LogP contribution in [-0.2, 0) is 6.54 Å². The predicted molar refractivity (Wildman–Crippen MR) is 70.1 cm³/mol. The average molecular weight is 236 g/mol. The van der Waals surface area contributed by atoms with Crippen LogP contribution >= 0.6 is 0 Å². The summed E-state index contributed by atoms with van der Waals surface area (Å²) in [5, 5.41) is 3.50. The van der Waals surface area contributed by atoms with E-state index in [1.165, 1.54) is 38.9 Å². The number of likely N-dealkylation sites (tertiary alicyclic amines) is 1. The predicted octanol–water partition coefficient (Wildman–Crippen LogP) is 1.27. The number of nitrogens with one attached hydrogen (secondary N) is 1. The van der Waals surface area contributed by atoms with Crippen molar-refractivity contribution in [1.82, 2.24) is 19.8 Å². The fourth-order valence-corrected chi connectivity index (χ4v) is 2.40. The van der Waals surface area contributed by atoms with Gasteiger partial charge in [0.1, 0.15) is 5.82 Å². The SMILES string of the molecule is Cc1nccn1CCNCCCN1CCCC1. The molecule has 0 aliphatic carbocycles. The minimum Gasteiger partial charge on any atom is -0.334 e. The van der Waals surface area contributed by atoms with Crippen molar-refractivity contribution in [3.63, 3.8) is 0 Å². The molecule has 0 radical (unpaired) electrons. The maximum absolute atomic E-state index is 4.21. The molecule has 1 aliphatic rings. The largest absolute Gasteiger partial charge is 0.334 e. The molecule has 0 unspecified atom stereocenters. The molecule has 1 aromatic rings. The number of hydrogen-bond donors (Lipinski definition) is 1. The summed E-state index contributed by atoms with van der Waals surface area (Å²) in [5.74, 6) is 1.10. The van der Waals surface area contributed by atoms with E-state index in [9.17, 15) is 0 Å². The minimum atomic E-state index is 1.02. The zero-order valence-electron chi connectivity index (χ0n) is 10.9. The van der Waals surface area contributed by atoms with Gasteiger partial charge in [-0.3, -0.25) is 0 Å². The molecule has 0 saturated carbocycles. The Morgan fingerprint density at radius 3 is 2.76 bits per heavy atom. The van der Waals surface area contributed by atoms with Crippen LogP contribution in [0.5, 0.6) is 0 Å². The normalized spacial score (nSPS) is 16.8. The third kappa shape index (κ3) is 4.13. The van der Waals surface area contributed by atoms with Crippen molar-refractivity contribution in [3.8, 4) is 0 Å². The summed E-state index contributed by atoms with van der Waals surface area (Å²) in [7, 11) is 0. The summed E-state index contributed by atoms with van der Waals surface area (Å²) < 4.78 is 2.19. The van der Waals surface area contributed by atoms with E-state index in [1.807, 2.05) is 19.3 Å². The summed E-state index contributed by atoms with van der Waals surface area (Å²) in [6.45, 7) is 9.13. The molecule has 0 amide bonds. The highest BCUT2D eigenvalue weighted by Crippen LogP contribution is 2.06. The Morgan fingerprint density at radius 1 is 1.24 bits per heavy atom. The van der Waals surface area contributed by atoms with Crippen LogP contribution in [0.25, 0.3) is 0 Å². The zero-order valence-corrected chi connectivity index (χ0v) is 10.9. The first-order valence-electron chi connectivity index (χ1n) is 6.77. The van der Waals surface area contributed by atoms with Crippen LogP contribution in [0, 0.1) is 6.92 Å². The molecule has 4 nitrogen and oxygen atoms in total. The second-order valence-electron chi connectivity index (χ2n) is 4.82. The van der Waals surface area contributed by atoms with Gasteiger partial charge in [0.15, 0.2) is 0 Å². The quantitative estimate of drug-likeness (QED) is 0.724. The summed E-state index contributed by atoms with van der Waals surface area (Å²) in [4.78, 5) is 6.78. The molecule has 96 valence electrons. The van der Waals surface area contributed by atoms with Gasteiger partial charge in [-0.15, -0.1) is 0 Å². The first-order valence-corrected chi connectivity index (χ1v) is 6.77. The van der Waals surface area contributed by atoms with E-state index < -0.39 is 0 Å². The molecule has 17 heavy (non-hydrogen) atoms. The van der Waals surface area contributed by atoms with Crippen molar-refractivity contribution in [2.45, 2.75) is 32.7 Å². The maximum Gasteiger partial charge on any atom is 0.105 e. The van der Waals surface area contributed by atoms with E-state index in [0.29, 0.717) is 0 Å². The van der Waals surface area contributed by atoms with Crippen molar-refractivity contribution in [3.05, 3.63) is 18.2 Å². The van der Waals surface area contributed by atoms with Gasteiger partial charge in [0, 0.05) is 25.5 Å². The molecule has 2 heterocycles. The number of imidazole rings is 1. The van der Waals surface area contributed by atoms with Gasteiger partial charge in [-0.1, -0.05) is 0 Å². The summed E-state index contributed by atoms with van der Waals surface area (Å²) in [5.41, 5.74) is 0. The number of rotatable bonds is 7. The second-order valence-corrected chi connectivity index (χ2v) is 4.82. The molecule has 1 saturated heterocycles. The Kier molecular flexibility index (Phi) is 5.01. The molecular weight excluding hydrogens is 212 g/mol. The molecule has 2 rings (SSSR count). The van der Waals surface area contributed by atoms with E-state index in [4.69, 9.17) is 0 Å². The monoisotopic (exact) mass is 236 g/mol. The Labute approximate surface area is 104 Å². The molecule has 0 bridgehead atoms. The van der Waals surface area contributed by atoms with Gasteiger partial charge >= 0.3 is 0 Å². The summed E-state index contributed by atoms with van der Waals surface area (Å²) in [6, 6.07) is 0.